The van der Waals surface area contributed by atoms with Crippen molar-refractivity contribution in [3.63, 3.8) is 0 Å². The standard InChI is InChI=1S/C14H25N3O4/c18-12(19)14(4-2-1-3-5-14)16-13(20)15-6-7-17-8-10-21-11-9-17/h1-11H2,(H,18,19)(H2,15,16,20). The molecule has 0 spiro atoms. The number of urea groups is 1. The monoisotopic (exact) mass is 299 g/mol. The van der Waals surface area contributed by atoms with Crippen molar-refractivity contribution in [2.75, 3.05) is 39.4 Å². The summed E-state index contributed by atoms with van der Waals surface area (Å²) in [5.74, 6) is -0.925. The zero-order valence-corrected chi connectivity index (χ0v) is 12.4. The van der Waals surface area contributed by atoms with E-state index in [2.05, 4.69) is 15.5 Å². The molecule has 2 aliphatic rings. The van der Waals surface area contributed by atoms with Gasteiger partial charge in [-0.15, -0.1) is 0 Å². The number of hydrogen-bond acceptors (Lipinski definition) is 4. The number of rotatable bonds is 5. The van der Waals surface area contributed by atoms with Crippen LogP contribution in [0.25, 0.3) is 0 Å². The number of carboxylic acids is 1. The Morgan fingerprint density at radius 1 is 1.14 bits per heavy atom. The molecular formula is C14H25N3O4. The van der Waals surface area contributed by atoms with Crippen LogP contribution in [0.15, 0.2) is 0 Å². The van der Waals surface area contributed by atoms with E-state index < -0.39 is 11.5 Å². The van der Waals surface area contributed by atoms with Gasteiger partial charge < -0.3 is 20.5 Å². The Morgan fingerprint density at radius 2 is 1.81 bits per heavy atom. The van der Waals surface area contributed by atoms with Gasteiger partial charge in [-0.3, -0.25) is 4.90 Å². The van der Waals surface area contributed by atoms with E-state index in [0.29, 0.717) is 19.4 Å². The van der Waals surface area contributed by atoms with Crippen molar-refractivity contribution >= 4 is 12.0 Å². The highest BCUT2D eigenvalue weighted by Gasteiger charge is 2.40. The van der Waals surface area contributed by atoms with Crippen LogP contribution in [0.4, 0.5) is 4.79 Å². The Balaban J connectivity index is 1.73. The van der Waals surface area contributed by atoms with Gasteiger partial charge in [0.25, 0.3) is 0 Å². The van der Waals surface area contributed by atoms with Gasteiger partial charge in [-0.25, -0.2) is 9.59 Å². The maximum absolute atomic E-state index is 11.9. The third-order valence-electron chi connectivity index (χ3n) is 4.29. The summed E-state index contributed by atoms with van der Waals surface area (Å²) in [6, 6.07) is -0.382. The molecule has 1 saturated carbocycles. The number of carbonyl (C=O) groups excluding carboxylic acids is 1. The van der Waals surface area contributed by atoms with Crippen LogP contribution in [0.1, 0.15) is 32.1 Å². The van der Waals surface area contributed by atoms with Crippen molar-refractivity contribution in [3.8, 4) is 0 Å². The molecule has 2 rings (SSSR count). The van der Waals surface area contributed by atoms with Gasteiger partial charge in [0.05, 0.1) is 13.2 Å². The van der Waals surface area contributed by atoms with E-state index in [1.54, 1.807) is 0 Å². The minimum atomic E-state index is -1.08. The molecule has 1 aliphatic heterocycles. The fourth-order valence-corrected chi connectivity index (χ4v) is 2.96. The van der Waals surface area contributed by atoms with Crippen LogP contribution < -0.4 is 10.6 Å². The molecule has 120 valence electrons. The Labute approximate surface area is 125 Å². The van der Waals surface area contributed by atoms with E-state index in [1.165, 1.54) is 0 Å². The van der Waals surface area contributed by atoms with E-state index in [1.807, 2.05) is 0 Å². The Kier molecular flexibility index (Phi) is 5.81. The largest absolute Gasteiger partial charge is 0.480 e. The van der Waals surface area contributed by atoms with Gasteiger partial charge in [0.15, 0.2) is 0 Å². The van der Waals surface area contributed by atoms with Crippen LogP contribution >= 0.6 is 0 Å². The van der Waals surface area contributed by atoms with Gasteiger partial charge in [0.2, 0.25) is 0 Å². The topological polar surface area (TPSA) is 90.9 Å². The molecule has 1 aliphatic carbocycles. The SMILES string of the molecule is O=C(NCCN1CCOCC1)NC1(C(=O)O)CCCCC1. The average molecular weight is 299 g/mol. The number of nitrogens with one attached hydrogen (secondary N) is 2. The molecular weight excluding hydrogens is 274 g/mol. The summed E-state index contributed by atoms with van der Waals surface area (Å²) in [5.41, 5.74) is -1.08. The van der Waals surface area contributed by atoms with E-state index in [9.17, 15) is 14.7 Å². The molecule has 7 nitrogen and oxygen atoms in total. The van der Waals surface area contributed by atoms with Gasteiger partial charge in [-0.05, 0) is 12.8 Å². The van der Waals surface area contributed by atoms with Gasteiger partial charge in [-0.1, -0.05) is 19.3 Å². The van der Waals surface area contributed by atoms with Crippen molar-refractivity contribution in [2.24, 2.45) is 0 Å². The lowest BCUT2D eigenvalue weighted by molar-refractivity contribution is -0.145. The van der Waals surface area contributed by atoms with Crippen LogP contribution in [-0.2, 0) is 9.53 Å². The van der Waals surface area contributed by atoms with Crippen molar-refractivity contribution in [2.45, 2.75) is 37.6 Å². The molecule has 7 heteroatoms. The van der Waals surface area contributed by atoms with Crippen LogP contribution in [0.5, 0.6) is 0 Å². The number of nitrogens with zero attached hydrogens (tertiary/aromatic N) is 1. The quantitative estimate of drug-likeness (QED) is 0.684. The van der Waals surface area contributed by atoms with E-state index in [4.69, 9.17) is 4.74 Å². The molecule has 2 fully saturated rings. The van der Waals surface area contributed by atoms with Gasteiger partial charge in [0, 0.05) is 26.2 Å². The summed E-state index contributed by atoms with van der Waals surface area (Å²) in [5, 5.41) is 14.8. The molecule has 0 aromatic carbocycles. The molecule has 0 atom stereocenters. The van der Waals surface area contributed by atoms with Crippen LogP contribution in [0.2, 0.25) is 0 Å². The highest BCUT2D eigenvalue weighted by molar-refractivity contribution is 5.86. The fourth-order valence-electron chi connectivity index (χ4n) is 2.96. The summed E-state index contributed by atoms with van der Waals surface area (Å²) in [4.78, 5) is 25.6. The van der Waals surface area contributed by atoms with Crippen molar-refractivity contribution in [1.82, 2.24) is 15.5 Å². The summed E-state index contributed by atoms with van der Waals surface area (Å²) in [6.45, 7) is 4.49. The number of carboxylic acid groups (broad SMARTS) is 1. The van der Waals surface area contributed by atoms with E-state index in [-0.39, 0.29) is 6.03 Å². The molecule has 0 aromatic rings. The second kappa shape index (κ2) is 7.61. The maximum Gasteiger partial charge on any atom is 0.329 e. The van der Waals surface area contributed by atoms with Gasteiger partial charge in [-0.2, -0.15) is 0 Å². The maximum atomic E-state index is 11.9. The minimum absolute atomic E-state index is 0.382. The molecule has 0 radical (unpaired) electrons. The first kappa shape index (κ1) is 16.0. The summed E-state index contributed by atoms with van der Waals surface area (Å²) in [6.07, 6.45) is 3.76. The van der Waals surface area contributed by atoms with E-state index in [0.717, 1.165) is 52.1 Å². The number of amides is 2. The second-order valence-corrected chi connectivity index (χ2v) is 5.78. The molecule has 0 unspecified atom stereocenters. The molecule has 21 heavy (non-hydrogen) atoms. The molecule has 1 saturated heterocycles. The third-order valence-corrected chi connectivity index (χ3v) is 4.29. The lowest BCUT2D eigenvalue weighted by Gasteiger charge is -2.34. The third kappa shape index (κ3) is 4.57. The Hall–Kier alpha value is -1.34. The molecule has 3 N–H and O–H groups in total. The Bertz CT molecular complexity index is 363. The molecule has 1 heterocycles. The zero-order chi connectivity index (χ0) is 15.1. The summed E-state index contributed by atoms with van der Waals surface area (Å²) in [7, 11) is 0. The second-order valence-electron chi connectivity index (χ2n) is 5.78. The van der Waals surface area contributed by atoms with Crippen molar-refractivity contribution in [3.05, 3.63) is 0 Å². The van der Waals surface area contributed by atoms with Crippen LogP contribution in [-0.4, -0.2) is 66.9 Å². The van der Waals surface area contributed by atoms with E-state index >= 15 is 0 Å². The smallest absolute Gasteiger partial charge is 0.329 e. The fraction of sp³-hybridized carbons (Fsp3) is 0.857. The number of carbonyl (C=O) groups is 2. The van der Waals surface area contributed by atoms with Crippen LogP contribution in [0, 0.1) is 0 Å². The molecule has 0 bridgehead atoms. The Morgan fingerprint density at radius 3 is 2.43 bits per heavy atom. The number of aliphatic carboxylic acids is 1. The molecule has 2 amide bonds. The summed E-state index contributed by atoms with van der Waals surface area (Å²) < 4.78 is 5.26. The van der Waals surface area contributed by atoms with Gasteiger partial charge in [0.1, 0.15) is 5.54 Å². The number of ether oxygens (including phenoxy) is 1. The highest BCUT2D eigenvalue weighted by atomic mass is 16.5. The molecule has 0 aromatic heterocycles. The lowest BCUT2D eigenvalue weighted by Crippen LogP contribution is -2.58. The van der Waals surface area contributed by atoms with Gasteiger partial charge >= 0.3 is 12.0 Å². The summed E-state index contributed by atoms with van der Waals surface area (Å²) >= 11 is 0. The average Bonchev–Trinajstić information content (AvgIpc) is 2.49. The predicted molar refractivity (Wildman–Crippen MR) is 77.2 cm³/mol. The normalized spacial score (nSPS) is 22.5. The van der Waals surface area contributed by atoms with Crippen LogP contribution in [0.3, 0.4) is 0 Å². The van der Waals surface area contributed by atoms with Crippen molar-refractivity contribution < 1.29 is 19.4 Å². The lowest BCUT2D eigenvalue weighted by atomic mass is 9.82. The van der Waals surface area contributed by atoms with Crippen molar-refractivity contribution in [1.29, 1.82) is 0 Å². The highest BCUT2D eigenvalue weighted by Crippen LogP contribution is 2.28. The predicted octanol–water partition coefficient (Wildman–Crippen LogP) is 0.405. The number of hydrogen-bond donors (Lipinski definition) is 3. The zero-order valence-electron chi connectivity index (χ0n) is 12.4. The first-order valence-corrected chi connectivity index (χ1v) is 7.72. The minimum Gasteiger partial charge on any atom is -0.480 e. The first-order valence-electron chi connectivity index (χ1n) is 7.72. The number of morpholine rings is 1. The first-order chi connectivity index (χ1) is 10.1.